The van der Waals surface area contributed by atoms with E-state index in [4.69, 9.17) is 5.73 Å². The fourth-order valence-electron chi connectivity index (χ4n) is 1.03. The van der Waals surface area contributed by atoms with Crippen molar-refractivity contribution in [2.45, 2.75) is 6.54 Å². The van der Waals surface area contributed by atoms with Gasteiger partial charge in [0.05, 0.1) is 0 Å². The second-order valence-corrected chi connectivity index (χ2v) is 3.69. The minimum atomic E-state index is 0.558. The van der Waals surface area contributed by atoms with Crippen molar-refractivity contribution in [1.82, 2.24) is 9.97 Å². The van der Waals surface area contributed by atoms with Gasteiger partial charge in [-0.15, -0.1) is 11.3 Å². The molecular formula is C9H9N3S. The van der Waals surface area contributed by atoms with E-state index in [9.17, 15) is 0 Å². The van der Waals surface area contributed by atoms with Crippen LogP contribution in [0.3, 0.4) is 0 Å². The maximum absolute atomic E-state index is 5.50. The van der Waals surface area contributed by atoms with Gasteiger partial charge in [-0.25, -0.2) is 4.98 Å². The molecule has 0 aliphatic rings. The number of thiazole rings is 1. The number of nitrogens with zero attached hydrogens (tertiary/aromatic N) is 2. The Morgan fingerprint density at radius 2 is 2.08 bits per heavy atom. The average molecular weight is 191 g/mol. The summed E-state index contributed by atoms with van der Waals surface area (Å²) in [5.41, 5.74) is 6.60. The highest BCUT2D eigenvalue weighted by Gasteiger charge is 2.01. The Balaban J connectivity index is 2.36. The first kappa shape index (κ1) is 8.34. The van der Waals surface area contributed by atoms with E-state index >= 15 is 0 Å². The Morgan fingerprint density at radius 3 is 2.69 bits per heavy atom. The minimum absolute atomic E-state index is 0.558. The Morgan fingerprint density at radius 1 is 1.31 bits per heavy atom. The summed E-state index contributed by atoms with van der Waals surface area (Å²) in [6.07, 6.45) is 5.35. The lowest BCUT2D eigenvalue weighted by Gasteiger charge is -1.92. The number of hydrogen-bond donors (Lipinski definition) is 1. The molecule has 2 aromatic heterocycles. The van der Waals surface area contributed by atoms with Crippen LogP contribution in [0.5, 0.6) is 0 Å². The lowest BCUT2D eigenvalue weighted by molar-refractivity contribution is 1.10. The van der Waals surface area contributed by atoms with Gasteiger partial charge in [-0.05, 0) is 12.1 Å². The predicted octanol–water partition coefficient (Wildman–Crippen LogP) is 1.66. The van der Waals surface area contributed by atoms with Crippen LogP contribution in [0.1, 0.15) is 4.88 Å². The van der Waals surface area contributed by atoms with E-state index in [1.807, 2.05) is 18.3 Å². The number of hydrogen-bond acceptors (Lipinski definition) is 4. The highest BCUT2D eigenvalue weighted by molar-refractivity contribution is 7.15. The molecular weight excluding hydrogens is 182 g/mol. The van der Waals surface area contributed by atoms with E-state index < -0.39 is 0 Å². The summed E-state index contributed by atoms with van der Waals surface area (Å²) in [7, 11) is 0. The van der Waals surface area contributed by atoms with Crippen molar-refractivity contribution < 1.29 is 0 Å². The van der Waals surface area contributed by atoms with E-state index in [0.717, 1.165) is 15.4 Å². The molecule has 13 heavy (non-hydrogen) atoms. The fraction of sp³-hybridized carbons (Fsp3) is 0.111. The van der Waals surface area contributed by atoms with E-state index in [-0.39, 0.29) is 0 Å². The topological polar surface area (TPSA) is 51.8 Å². The second kappa shape index (κ2) is 3.64. The smallest absolute Gasteiger partial charge is 0.123 e. The molecule has 2 heterocycles. The van der Waals surface area contributed by atoms with Gasteiger partial charge in [0, 0.05) is 35.6 Å². The summed E-state index contributed by atoms with van der Waals surface area (Å²) in [4.78, 5) is 9.32. The molecule has 66 valence electrons. The molecule has 0 amide bonds. The van der Waals surface area contributed by atoms with Gasteiger partial charge < -0.3 is 5.73 Å². The van der Waals surface area contributed by atoms with E-state index in [0.29, 0.717) is 6.54 Å². The van der Waals surface area contributed by atoms with Crippen molar-refractivity contribution in [1.29, 1.82) is 0 Å². The van der Waals surface area contributed by atoms with Gasteiger partial charge in [-0.2, -0.15) is 0 Å². The number of rotatable bonds is 2. The van der Waals surface area contributed by atoms with Crippen LogP contribution in [0.4, 0.5) is 0 Å². The van der Waals surface area contributed by atoms with Crippen LogP contribution in [-0.4, -0.2) is 9.97 Å². The van der Waals surface area contributed by atoms with Crippen molar-refractivity contribution >= 4 is 11.3 Å². The molecule has 0 aliphatic carbocycles. The molecule has 0 spiro atoms. The number of pyridine rings is 1. The largest absolute Gasteiger partial charge is 0.326 e. The average Bonchev–Trinajstić information content (AvgIpc) is 2.67. The SMILES string of the molecule is NCc1cnc(-c2ccncc2)s1. The molecule has 0 fully saturated rings. The fourth-order valence-corrected chi connectivity index (χ4v) is 1.83. The van der Waals surface area contributed by atoms with Gasteiger partial charge in [-0.3, -0.25) is 4.98 Å². The van der Waals surface area contributed by atoms with Crippen molar-refractivity contribution in [3.8, 4) is 10.6 Å². The van der Waals surface area contributed by atoms with Gasteiger partial charge in [0.15, 0.2) is 0 Å². The van der Waals surface area contributed by atoms with Crippen LogP contribution in [0.2, 0.25) is 0 Å². The molecule has 0 radical (unpaired) electrons. The van der Waals surface area contributed by atoms with Crippen molar-refractivity contribution in [3.63, 3.8) is 0 Å². The molecule has 4 heteroatoms. The summed E-state index contributed by atoms with van der Waals surface area (Å²) in [5.74, 6) is 0. The Labute approximate surface area is 80.3 Å². The summed E-state index contributed by atoms with van der Waals surface area (Å²) >= 11 is 1.62. The standard InChI is InChI=1S/C9H9N3S/c10-5-8-6-12-9(13-8)7-1-3-11-4-2-7/h1-4,6H,5,10H2. The quantitative estimate of drug-likeness (QED) is 0.785. The van der Waals surface area contributed by atoms with Crippen LogP contribution in [0, 0.1) is 0 Å². The first-order chi connectivity index (χ1) is 6.40. The third kappa shape index (κ3) is 1.74. The predicted molar refractivity (Wildman–Crippen MR) is 53.2 cm³/mol. The zero-order chi connectivity index (χ0) is 9.10. The molecule has 3 nitrogen and oxygen atoms in total. The van der Waals surface area contributed by atoms with Crippen LogP contribution < -0.4 is 5.73 Å². The van der Waals surface area contributed by atoms with Gasteiger partial charge >= 0.3 is 0 Å². The van der Waals surface area contributed by atoms with Gasteiger partial charge in [-0.1, -0.05) is 0 Å². The highest BCUT2D eigenvalue weighted by Crippen LogP contribution is 2.23. The monoisotopic (exact) mass is 191 g/mol. The molecule has 0 bridgehead atoms. The maximum atomic E-state index is 5.50. The van der Waals surface area contributed by atoms with Crippen molar-refractivity contribution in [2.24, 2.45) is 5.73 Å². The molecule has 0 saturated carbocycles. The van der Waals surface area contributed by atoms with E-state index in [1.165, 1.54) is 0 Å². The minimum Gasteiger partial charge on any atom is -0.326 e. The molecule has 0 atom stereocenters. The molecule has 0 unspecified atom stereocenters. The zero-order valence-electron chi connectivity index (χ0n) is 6.97. The normalized spacial score (nSPS) is 10.2. The summed E-state index contributed by atoms with van der Waals surface area (Å²) in [6.45, 7) is 0.558. The summed E-state index contributed by atoms with van der Waals surface area (Å²) in [5, 5.41) is 1.00. The van der Waals surface area contributed by atoms with Gasteiger partial charge in [0.2, 0.25) is 0 Å². The number of aromatic nitrogens is 2. The second-order valence-electron chi connectivity index (χ2n) is 2.57. The van der Waals surface area contributed by atoms with Crippen LogP contribution in [-0.2, 0) is 6.54 Å². The van der Waals surface area contributed by atoms with Crippen molar-refractivity contribution in [3.05, 3.63) is 35.6 Å². The molecule has 0 saturated heterocycles. The van der Waals surface area contributed by atoms with E-state index in [2.05, 4.69) is 9.97 Å². The van der Waals surface area contributed by atoms with Crippen LogP contribution in [0.25, 0.3) is 10.6 Å². The first-order valence-electron chi connectivity index (χ1n) is 3.95. The van der Waals surface area contributed by atoms with Crippen molar-refractivity contribution in [2.75, 3.05) is 0 Å². The third-order valence-corrected chi connectivity index (χ3v) is 2.75. The van der Waals surface area contributed by atoms with Crippen LogP contribution in [0.15, 0.2) is 30.7 Å². The Hall–Kier alpha value is -1.26. The first-order valence-corrected chi connectivity index (χ1v) is 4.77. The van der Waals surface area contributed by atoms with Gasteiger partial charge in [0.25, 0.3) is 0 Å². The lowest BCUT2D eigenvalue weighted by atomic mass is 10.3. The molecule has 2 N–H and O–H groups in total. The highest BCUT2D eigenvalue weighted by atomic mass is 32.1. The summed E-state index contributed by atoms with van der Waals surface area (Å²) < 4.78 is 0. The lowest BCUT2D eigenvalue weighted by Crippen LogP contribution is -1.91. The molecule has 2 rings (SSSR count). The molecule has 2 aromatic rings. The van der Waals surface area contributed by atoms with E-state index in [1.54, 1.807) is 23.7 Å². The molecule has 0 aliphatic heterocycles. The van der Waals surface area contributed by atoms with Crippen LogP contribution >= 0.6 is 11.3 Å². The van der Waals surface area contributed by atoms with Gasteiger partial charge in [0.1, 0.15) is 5.01 Å². The summed E-state index contributed by atoms with van der Waals surface area (Å²) in [6, 6.07) is 3.89. The zero-order valence-corrected chi connectivity index (χ0v) is 7.79. The third-order valence-electron chi connectivity index (χ3n) is 1.68. The Bertz CT molecular complexity index is 383. The molecule has 0 aromatic carbocycles. The number of nitrogens with two attached hydrogens (primary N) is 1. The Kier molecular flexibility index (Phi) is 2.33. The maximum Gasteiger partial charge on any atom is 0.123 e.